The molecular weight excluding hydrogens is 244 g/mol. The van der Waals surface area contributed by atoms with E-state index in [1.807, 2.05) is 19.3 Å². The van der Waals surface area contributed by atoms with Gasteiger partial charge in [-0.2, -0.15) is 0 Å². The zero-order chi connectivity index (χ0) is 14.5. The lowest BCUT2D eigenvalue weighted by molar-refractivity contribution is 0.575. The number of hydrogen-bond donors (Lipinski definition) is 1. The number of rotatable bonds is 5. The van der Waals surface area contributed by atoms with E-state index in [1.165, 1.54) is 16.7 Å². The number of nitrogens with one attached hydrogen (secondary N) is 1. The number of aromatic nitrogens is 1. The first-order valence-corrected chi connectivity index (χ1v) is 7.29. The van der Waals surface area contributed by atoms with Crippen molar-refractivity contribution < 1.29 is 0 Å². The molecule has 2 nitrogen and oxygen atoms in total. The zero-order valence-corrected chi connectivity index (χ0v) is 12.9. The van der Waals surface area contributed by atoms with Crippen LogP contribution in [0.25, 0.3) is 0 Å². The molecule has 0 aliphatic heterocycles. The Kier molecular flexibility index (Phi) is 4.91. The quantitative estimate of drug-likeness (QED) is 0.886. The van der Waals surface area contributed by atoms with E-state index in [-0.39, 0.29) is 6.04 Å². The molecule has 0 aliphatic rings. The Morgan fingerprint density at radius 3 is 2.35 bits per heavy atom. The third-order valence-electron chi connectivity index (χ3n) is 3.73. The van der Waals surface area contributed by atoms with Gasteiger partial charge in [-0.25, -0.2) is 0 Å². The first-order chi connectivity index (χ1) is 9.60. The zero-order valence-electron chi connectivity index (χ0n) is 12.9. The molecule has 106 valence electrons. The van der Waals surface area contributed by atoms with Gasteiger partial charge in [-0.3, -0.25) is 4.98 Å². The van der Waals surface area contributed by atoms with Crippen LogP contribution in [0, 0.1) is 6.92 Å². The van der Waals surface area contributed by atoms with Gasteiger partial charge in [0.15, 0.2) is 0 Å². The lowest BCUT2D eigenvalue weighted by Crippen LogP contribution is -2.20. The Labute approximate surface area is 122 Å². The van der Waals surface area contributed by atoms with E-state index < -0.39 is 0 Å². The van der Waals surface area contributed by atoms with Crippen molar-refractivity contribution in [3.05, 3.63) is 65.0 Å². The van der Waals surface area contributed by atoms with Crippen molar-refractivity contribution in [1.82, 2.24) is 10.3 Å². The molecule has 0 radical (unpaired) electrons. The summed E-state index contributed by atoms with van der Waals surface area (Å²) in [5.74, 6) is 0.586. The van der Waals surface area contributed by atoms with Crippen molar-refractivity contribution in [3.63, 3.8) is 0 Å². The molecule has 1 heterocycles. The molecule has 2 heteroatoms. The van der Waals surface area contributed by atoms with Crippen LogP contribution in [0.4, 0.5) is 0 Å². The van der Waals surface area contributed by atoms with Crippen LogP contribution in [0.2, 0.25) is 0 Å². The van der Waals surface area contributed by atoms with Gasteiger partial charge in [0.25, 0.3) is 0 Å². The lowest BCUT2D eigenvalue weighted by atomic mass is 9.97. The summed E-state index contributed by atoms with van der Waals surface area (Å²) in [4.78, 5) is 4.49. The van der Waals surface area contributed by atoms with Gasteiger partial charge in [-0.05, 0) is 55.1 Å². The molecule has 0 amide bonds. The summed E-state index contributed by atoms with van der Waals surface area (Å²) in [6.07, 6.45) is 2.85. The molecule has 20 heavy (non-hydrogen) atoms. The van der Waals surface area contributed by atoms with Crippen molar-refractivity contribution >= 4 is 0 Å². The van der Waals surface area contributed by atoms with Crippen LogP contribution in [0.5, 0.6) is 0 Å². The number of aryl methyl sites for hydroxylation is 1. The monoisotopic (exact) mass is 268 g/mol. The Morgan fingerprint density at radius 1 is 1.10 bits per heavy atom. The van der Waals surface area contributed by atoms with E-state index in [9.17, 15) is 0 Å². The Balaban J connectivity index is 2.14. The molecule has 1 aromatic heterocycles. The molecule has 1 N–H and O–H groups in total. The highest BCUT2D eigenvalue weighted by Gasteiger charge is 2.11. The van der Waals surface area contributed by atoms with Crippen LogP contribution < -0.4 is 5.32 Å². The summed E-state index contributed by atoms with van der Waals surface area (Å²) >= 11 is 0. The molecule has 1 atom stereocenters. The van der Waals surface area contributed by atoms with Crippen LogP contribution in [0.3, 0.4) is 0 Å². The summed E-state index contributed by atoms with van der Waals surface area (Å²) < 4.78 is 0. The molecule has 0 fully saturated rings. The second-order valence-corrected chi connectivity index (χ2v) is 5.70. The summed E-state index contributed by atoms with van der Waals surface area (Å²) in [5.41, 5.74) is 5.10. The third kappa shape index (κ3) is 3.67. The van der Waals surface area contributed by atoms with Crippen LogP contribution in [-0.2, 0) is 6.42 Å². The molecule has 2 aromatic rings. The van der Waals surface area contributed by atoms with E-state index in [1.54, 1.807) is 0 Å². The fourth-order valence-corrected chi connectivity index (χ4v) is 2.38. The van der Waals surface area contributed by atoms with Crippen molar-refractivity contribution in [2.24, 2.45) is 0 Å². The second kappa shape index (κ2) is 6.67. The average Bonchev–Trinajstić information content (AvgIpc) is 2.45. The highest BCUT2D eigenvalue weighted by molar-refractivity contribution is 5.27. The van der Waals surface area contributed by atoms with Crippen LogP contribution >= 0.6 is 0 Å². The van der Waals surface area contributed by atoms with Gasteiger partial charge in [0.05, 0.1) is 11.7 Å². The Bertz CT molecular complexity index is 544. The first-order valence-electron chi connectivity index (χ1n) is 7.29. The molecule has 1 unspecified atom stereocenters. The largest absolute Gasteiger partial charge is 0.311 e. The molecule has 1 aromatic carbocycles. The number of nitrogens with zero attached hydrogens (tertiary/aromatic N) is 1. The minimum absolute atomic E-state index is 0.264. The van der Waals surface area contributed by atoms with Gasteiger partial charge in [0.2, 0.25) is 0 Å². The number of likely N-dealkylation sites (N-methyl/N-ethyl adjacent to an activating group) is 1. The fraction of sp³-hybridized carbons (Fsp3) is 0.389. The minimum atomic E-state index is 0.264. The molecular formula is C18H24N2. The average molecular weight is 268 g/mol. The van der Waals surface area contributed by atoms with Gasteiger partial charge >= 0.3 is 0 Å². The van der Waals surface area contributed by atoms with E-state index in [2.05, 4.69) is 61.4 Å². The molecule has 2 rings (SSSR count). The summed E-state index contributed by atoms with van der Waals surface area (Å²) in [7, 11) is 2.00. The van der Waals surface area contributed by atoms with Gasteiger partial charge in [0, 0.05) is 6.20 Å². The van der Waals surface area contributed by atoms with Gasteiger partial charge in [-0.15, -0.1) is 0 Å². The van der Waals surface area contributed by atoms with Gasteiger partial charge < -0.3 is 5.32 Å². The fourth-order valence-electron chi connectivity index (χ4n) is 2.38. The maximum absolute atomic E-state index is 4.49. The maximum Gasteiger partial charge on any atom is 0.0579 e. The molecule has 0 aliphatic carbocycles. The standard InChI is InChI=1S/C18H24N2/c1-13(2)16-7-5-15(6-8-16)12-17(19-4)18-11-14(3)9-10-20-18/h5-11,13,17,19H,12H2,1-4H3. The molecule has 0 spiro atoms. The highest BCUT2D eigenvalue weighted by Crippen LogP contribution is 2.20. The lowest BCUT2D eigenvalue weighted by Gasteiger charge is -2.16. The third-order valence-corrected chi connectivity index (χ3v) is 3.73. The Hall–Kier alpha value is -1.67. The number of pyridine rings is 1. The minimum Gasteiger partial charge on any atom is -0.311 e. The van der Waals surface area contributed by atoms with E-state index in [4.69, 9.17) is 0 Å². The SMILES string of the molecule is CNC(Cc1ccc(C(C)C)cc1)c1cc(C)ccn1. The van der Waals surface area contributed by atoms with Crippen molar-refractivity contribution in [2.45, 2.75) is 39.2 Å². The molecule has 0 bridgehead atoms. The van der Waals surface area contributed by atoms with Gasteiger partial charge in [0.1, 0.15) is 0 Å². The summed E-state index contributed by atoms with van der Waals surface area (Å²) in [6, 6.07) is 13.4. The second-order valence-electron chi connectivity index (χ2n) is 5.70. The molecule has 0 saturated carbocycles. The van der Waals surface area contributed by atoms with E-state index >= 15 is 0 Å². The summed E-state index contributed by atoms with van der Waals surface area (Å²) in [6.45, 7) is 6.56. The van der Waals surface area contributed by atoms with Crippen LogP contribution in [0.1, 0.15) is 48.2 Å². The predicted octanol–water partition coefficient (Wildman–Crippen LogP) is 4.02. The van der Waals surface area contributed by atoms with Crippen molar-refractivity contribution in [3.8, 4) is 0 Å². The maximum atomic E-state index is 4.49. The van der Waals surface area contributed by atoms with Crippen LogP contribution in [0.15, 0.2) is 42.6 Å². The number of hydrogen-bond acceptors (Lipinski definition) is 2. The molecule has 0 saturated heterocycles. The van der Waals surface area contributed by atoms with Crippen molar-refractivity contribution in [2.75, 3.05) is 7.05 Å². The Morgan fingerprint density at radius 2 is 1.80 bits per heavy atom. The van der Waals surface area contributed by atoms with Crippen molar-refractivity contribution in [1.29, 1.82) is 0 Å². The van der Waals surface area contributed by atoms with E-state index in [0.29, 0.717) is 5.92 Å². The smallest absolute Gasteiger partial charge is 0.0579 e. The first kappa shape index (κ1) is 14.7. The van der Waals surface area contributed by atoms with Gasteiger partial charge in [-0.1, -0.05) is 38.1 Å². The highest BCUT2D eigenvalue weighted by atomic mass is 14.9. The van der Waals surface area contributed by atoms with Crippen LogP contribution in [-0.4, -0.2) is 12.0 Å². The van der Waals surface area contributed by atoms with E-state index in [0.717, 1.165) is 12.1 Å². The summed E-state index contributed by atoms with van der Waals surface area (Å²) in [5, 5.41) is 3.37. The normalized spacial score (nSPS) is 12.7. The number of benzene rings is 1. The predicted molar refractivity (Wildman–Crippen MR) is 85.0 cm³/mol. The topological polar surface area (TPSA) is 24.9 Å².